The van der Waals surface area contributed by atoms with Crippen molar-refractivity contribution in [2.45, 2.75) is 24.8 Å². The number of benzene rings is 1. The Morgan fingerprint density at radius 2 is 2.09 bits per heavy atom. The van der Waals surface area contributed by atoms with E-state index < -0.39 is 5.54 Å². The second kappa shape index (κ2) is 5.68. The molecule has 0 bridgehead atoms. The molecular weight excluding hydrogens is 370 g/mol. The van der Waals surface area contributed by atoms with Gasteiger partial charge in [0.1, 0.15) is 12.4 Å². The van der Waals surface area contributed by atoms with Gasteiger partial charge in [-0.25, -0.2) is 0 Å². The van der Waals surface area contributed by atoms with E-state index in [-0.39, 0.29) is 12.4 Å². The first-order valence-electron chi connectivity index (χ1n) is 6.90. The number of aromatic nitrogens is 2. The third-order valence-electron chi connectivity index (χ3n) is 4.08. The number of fused-ring (bicyclic) bond motifs is 1. The molecule has 0 amide bonds. The van der Waals surface area contributed by atoms with Crippen LogP contribution in [0.2, 0.25) is 0 Å². The third-order valence-corrected chi connectivity index (χ3v) is 4.57. The second-order valence-corrected chi connectivity index (χ2v) is 6.49. The Morgan fingerprint density at radius 3 is 2.82 bits per heavy atom. The van der Waals surface area contributed by atoms with E-state index in [0.717, 1.165) is 40.6 Å². The van der Waals surface area contributed by atoms with Crippen molar-refractivity contribution in [3.8, 4) is 5.75 Å². The lowest BCUT2D eigenvalue weighted by Crippen LogP contribution is -2.44. The number of rotatable bonds is 2. The van der Waals surface area contributed by atoms with E-state index in [9.17, 15) is 0 Å². The Labute approximate surface area is 142 Å². The maximum absolute atomic E-state index is 6.22. The van der Waals surface area contributed by atoms with Crippen LogP contribution in [0.1, 0.15) is 36.5 Å². The SMILES string of the molecule is Cl.NC1(c2noc(C3=Cc4cc(Br)ccc4OC3)n2)CCC1. The highest BCUT2D eigenvalue weighted by Gasteiger charge is 2.39. The molecule has 4 rings (SSSR count). The normalized spacial score (nSPS) is 18.4. The van der Waals surface area contributed by atoms with Crippen molar-refractivity contribution in [2.24, 2.45) is 5.73 Å². The molecule has 1 aliphatic carbocycles. The van der Waals surface area contributed by atoms with Gasteiger partial charge in [-0.05, 0) is 43.5 Å². The topological polar surface area (TPSA) is 74.2 Å². The first kappa shape index (κ1) is 15.5. The van der Waals surface area contributed by atoms with Gasteiger partial charge in [0.2, 0.25) is 0 Å². The molecule has 2 N–H and O–H groups in total. The number of ether oxygens (including phenoxy) is 1. The largest absolute Gasteiger partial charge is 0.488 e. The minimum Gasteiger partial charge on any atom is -0.488 e. The van der Waals surface area contributed by atoms with Crippen LogP contribution >= 0.6 is 28.3 Å². The predicted molar refractivity (Wildman–Crippen MR) is 88.8 cm³/mol. The van der Waals surface area contributed by atoms with E-state index in [0.29, 0.717) is 18.3 Å². The minimum absolute atomic E-state index is 0. The van der Waals surface area contributed by atoms with E-state index in [1.54, 1.807) is 0 Å². The summed E-state index contributed by atoms with van der Waals surface area (Å²) >= 11 is 3.46. The highest BCUT2D eigenvalue weighted by Crippen LogP contribution is 2.38. The first-order chi connectivity index (χ1) is 10.1. The number of nitrogens with two attached hydrogens (primary N) is 1. The summed E-state index contributed by atoms with van der Waals surface area (Å²) in [5.74, 6) is 1.95. The maximum atomic E-state index is 6.22. The van der Waals surface area contributed by atoms with Crippen molar-refractivity contribution in [3.05, 3.63) is 40.0 Å². The Kier molecular flexibility index (Phi) is 4.01. The zero-order valence-electron chi connectivity index (χ0n) is 11.7. The molecule has 0 saturated heterocycles. The molecule has 22 heavy (non-hydrogen) atoms. The summed E-state index contributed by atoms with van der Waals surface area (Å²) in [6.45, 7) is 0.424. The molecule has 0 radical (unpaired) electrons. The molecule has 0 unspecified atom stereocenters. The fourth-order valence-corrected chi connectivity index (χ4v) is 2.99. The molecule has 2 aliphatic rings. The van der Waals surface area contributed by atoms with Crippen molar-refractivity contribution in [2.75, 3.05) is 6.61 Å². The van der Waals surface area contributed by atoms with Crippen LogP contribution in [0.25, 0.3) is 11.6 Å². The van der Waals surface area contributed by atoms with E-state index in [1.807, 2.05) is 24.3 Å². The molecule has 1 saturated carbocycles. The summed E-state index contributed by atoms with van der Waals surface area (Å²) in [5.41, 5.74) is 7.69. The van der Waals surface area contributed by atoms with Crippen LogP contribution in [0.3, 0.4) is 0 Å². The van der Waals surface area contributed by atoms with Crippen LogP contribution in [0, 0.1) is 0 Å². The number of halogens is 2. The summed E-state index contributed by atoms with van der Waals surface area (Å²) in [4.78, 5) is 4.46. The van der Waals surface area contributed by atoms with E-state index >= 15 is 0 Å². The van der Waals surface area contributed by atoms with Crippen molar-refractivity contribution in [1.82, 2.24) is 10.1 Å². The Hall–Kier alpha value is -1.37. The zero-order chi connectivity index (χ0) is 14.4. The quantitative estimate of drug-likeness (QED) is 0.857. The lowest BCUT2D eigenvalue weighted by molar-refractivity contribution is 0.229. The molecule has 1 aliphatic heterocycles. The molecule has 0 spiro atoms. The van der Waals surface area contributed by atoms with Gasteiger partial charge in [-0.2, -0.15) is 4.98 Å². The van der Waals surface area contributed by atoms with Crippen LogP contribution in [0.5, 0.6) is 5.75 Å². The van der Waals surface area contributed by atoms with Gasteiger partial charge in [0.05, 0.1) is 11.1 Å². The molecule has 0 atom stereocenters. The molecule has 1 aromatic heterocycles. The van der Waals surface area contributed by atoms with Gasteiger partial charge in [0, 0.05) is 10.0 Å². The van der Waals surface area contributed by atoms with Crippen LogP contribution in [-0.4, -0.2) is 16.7 Å². The Balaban J connectivity index is 0.00000144. The Morgan fingerprint density at radius 1 is 1.27 bits per heavy atom. The fraction of sp³-hybridized carbons (Fsp3) is 0.333. The van der Waals surface area contributed by atoms with E-state index in [2.05, 4.69) is 26.1 Å². The zero-order valence-corrected chi connectivity index (χ0v) is 14.1. The van der Waals surface area contributed by atoms with Gasteiger partial charge < -0.3 is 15.0 Å². The molecule has 5 nitrogen and oxygen atoms in total. The average molecular weight is 385 g/mol. The monoisotopic (exact) mass is 383 g/mol. The van der Waals surface area contributed by atoms with Crippen LogP contribution in [0.15, 0.2) is 27.2 Å². The molecule has 116 valence electrons. The second-order valence-electron chi connectivity index (χ2n) is 5.57. The summed E-state index contributed by atoms with van der Waals surface area (Å²) in [6.07, 6.45) is 4.97. The number of hydrogen-bond donors (Lipinski definition) is 1. The van der Waals surface area contributed by atoms with Crippen LogP contribution in [0.4, 0.5) is 0 Å². The van der Waals surface area contributed by atoms with Crippen molar-refractivity contribution in [1.29, 1.82) is 0 Å². The highest BCUT2D eigenvalue weighted by atomic mass is 79.9. The summed E-state index contributed by atoms with van der Waals surface area (Å²) in [7, 11) is 0. The summed E-state index contributed by atoms with van der Waals surface area (Å²) in [5, 5.41) is 4.04. The molecule has 1 aromatic carbocycles. The van der Waals surface area contributed by atoms with Gasteiger partial charge in [-0.1, -0.05) is 21.1 Å². The molecule has 2 heterocycles. The first-order valence-corrected chi connectivity index (χ1v) is 7.70. The lowest BCUT2D eigenvalue weighted by Gasteiger charge is -2.34. The number of hydrogen-bond acceptors (Lipinski definition) is 5. The lowest BCUT2D eigenvalue weighted by atomic mass is 9.77. The molecule has 7 heteroatoms. The molecule has 1 fully saturated rings. The standard InChI is InChI=1S/C15H14BrN3O2.ClH/c16-11-2-3-12-9(7-11)6-10(8-20-12)13-18-14(19-21-13)15(17)4-1-5-15;/h2-3,6-7H,1,4-5,8,17H2;1H. The molecule has 2 aromatic rings. The predicted octanol–water partition coefficient (Wildman–Crippen LogP) is 3.52. The maximum Gasteiger partial charge on any atom is 0.257 e. The third kappa shape index (κ3) is 2.55. The molecular formula is C15H15BrClN3O2. The van der Waals surface area contributed by atoms with Gasteiger partial charge in [-0.3, -0.25) is 0 Å². The van der Waals surface area contributed by atoms with Crippen LogP contribution in [-0.2, 0) is 5.54 Å². The van der Waals surface area contributed by atoms with Crippen LogP contribution < -0.4 is 10.5 Å². The minimum atomic E-state index is -0.404. The fourth-order valence-electron chi connectivity index (χ4n) is 2.61. The van der Waals surface area contributed by atoms with Gasteiger partial charge in [-0.15, -0.1) is 12.4 Å². The highest BCUT2D eigenvalue weighted by molar-refractivity contribution is 9.10. The average Bonchev–Trinajstić information content (AvgIpc) is 2.94. The summed E-state index contributed by atoms with van der Waals surface area (Å²) in [6, 6.07) is 5.90. The Bertz CT molecular complexity index is 740. The number of nitrogens with zero attached hydrogens (tertiary/aromatic N) is 2. The van der Waals surface area contributed by atoms with Gasteiger partial charge in [0.25, 0.3) is 5.89 Å². The van der Waals surface area contributed by atoms with E-state index in [1.165, 1.54) is 0 Å². The van der Waals surface area contributed by atoms with Crippen molar-refractivity contribution >= 4 is 40.0 Å². The van der Waals surface area contributed by atoms with Crippen molar-refractivity contribution < 1.29 is 9.26 Å². The summed E-state index contributed by atoms with van der Waals surface area (Å²) < 4.78 is 12.1. The van der Waals surface area contributed by atoms with Crippen molar-refractivity contribution in [3.63, 3.8) is 0 Å². The smallest absolute Gasteiger partial charge is 0.257 e. The van der Waals surface area contributed by atoms with Gasteiger partial charge >= 0.3 is 0 Å². The van der Waals surface area contributed by atoms with E-state index in [4.69, 9.17) is 15.0 Å². The van der Waals surface area contributed by atoms with Gasteiger partial charge in [0.15, 0.2) is 5.82 Å².